The summed E-state index contributed by atoms with van der Waals surface area (Å²) in [5.74, 6) is -0.915. The predicted molar refractivity (Wildman–Crippen MR) is 72.6 cm³/mol. The van der Waals surface area contributed by atoms with Crippen LogP contribution >= 0.6 is 27.7 Å². The van der Waals surface area contributed by atoms with E-state index < -0.39 is 5.97 Å². The maximum Gasteiger partial charge on any atom is 0.335 e. The number of halogens is 1. The molecule has 0 spiro atoms. The van der Waals surface area contributed by atoms with Gasteiger partial charge in [-0.1, -0.05) is 22.9 Å². The molecule has 0 heterocycles. The Kier molecular flexibility index (Phi) is 5.15. The Morgan fingerprint density at radius 3 is 2.81 bits per heavy atom. The number of thioether (sulfide) groups is 1. The van der Waals surface area contributed by atoms with Crippen LogP contribution in [0.3, 0.4) is 0 Å². The van der Waals surface area contributed by atoms with E-state index in [9.17, 15) is 4.79 Å². The predicted octanol–water partition coefficient (Wildman–Crippen LogP) is 3.31. The number of carboxylic acids is 1. The highest BCUT2D eigenvalue weighted by molar-refractivity contribution is 9.10. The van der Waals surface area contributed by atoms with E-state index in [-0.39, 0.29) is 5.56 Å². The molecule has 0 radical (unpaired) electrons. The van der Waals surface area contributed by atoms with Crippen LogP contribution in [0, 0.1) is 0 Å². The number of carboxylic acid groups (broad SMARTS) is 1. The van der Waals surface area contributed by atoms with Gasteiger partial charge in [0.2, 0.25) is 0 Å². The molecule has 0 fully saturated rings. The SMILES string of the molecule is CSC(C)CNc1cc(Br)cc(C(=O)O)c1. The minimum atomic E-state index is -0.915. The smallest absolute Gasteiger partial charge is 0.335 e. The number of rotatable bonds is 5. The van der Waals surface area contributed by atoms with Gasteiger partial charge in [-0.3, -0.25) is 0 Å². The lowest BCUT2D eigenvalue weighted by atomic mass is 10.2. The average Bonchev–Trinajstić information content (AvgIpc) is 2.25. The fourth-order valence-corrected chi connectivity index (χ4v) is 1.90. The maximum atomic E-state index is 10.8. The summed E-state index contributed by atoms with van der Waals surface area (Å²) in [6.07, 6.45) is 2.05. The summed E-state index contributed by atoms with van der Waals surface area (Å²) < 4.78 is 0.770. The van der Waals surface area contributed by atoms with Crippen LogP contribution in [0.4, 0.5) is 5.69 Å². The van der Waals surface area contributed by atoms with Crippen molar-refractivity contribution in [1.29, 1.82) is 0 Å². The van der Waals surface area contributed by atoms with Gasteiger partial charge in [0.05, 0.1) is 5.56 Å². The lowest BCUT2D eigenvalue weighted by Gasteiger charge is -2.11. The molecule has 0 aliphatic carbocycles. The van der Waals surface area contributed by atoms with Crippen molar-refractivity contribution in [3.05, 3.63) is 28.2 Å². The molecule has 0 bridgehead atoms. The first-order valence-electron chi connectivity index (χ1n) is 4.83. The van der Waals surface area contributed by atoms with E-state index in [2.05, 4.69) is 34.4 Å². The van der Waals surface area contributed by atoms with Crippen molar-refractivity contribution in [3.8, 4) is 0 Å². The summed E-state index contributed by atoms with van der Waals surface area (Å²) in [4.78, 5) is 10.8. The molecule has 0 aliphatic rings. The number of benzene rings is 1. The summed E-state index contributed by atoms with van der Waals surface area (Å²) in [6.45, 7) is 2.93. The Morgan fingerprint density at radius 2 is 2.25 bits per heavy atom. The van der Waals surface area contributed by atoms with Crippen molar-refractivity contribution >= 4 is 39.3 Å². The molecule has 88 valence electrons. The molecule has 0 aromatic heterocycles. The Bertz CT molecular complexity index is 384. The summed E-state index contributed by atoms with van der Waals surface area (Å²) in [5, 5.41) is 12.6. The van der Waals surface area contributed by atoms with Gasteiger partial charge in [0, 0.05) is 22.0 Å². The number of aromatic carboxylic acids is 1. The van der Waals surface area contributed by atoms with E-state index in [0.717, 1.165) is 16.7 Å². The standard InChI is InChI=1S/C11H14BrNO2S/c1-7(16-2)6-13-10-4-8(11(14)15)3-9(12)5-10/h3-5,7,13H,6H2,1-2H3,(H,14,15). The number of anilines is 1. The van der Waals surface area contributed by atoms with E-state index in [1.54, 1.807) is 23.9 Å². The molecular weight excluding hydrogens is 290 g/mol. The molecule has 0 aliphatic heterocycles. The van der Waals surface area contributed by atoms with Crippen LogP contribution < -0.4 is 5.32 Å². The Labute approximate surface area is 108 Å². The zero-order valence-corrected chi connectivity index (χ0v) is 11.6. The second-order valence-electron chi connectivity index (χ2n) is 3.46. The molecule has 0 saturated carbocycles. The zero-order valence-electron chi connectivity index (χ0n) is 9.16. The van der Waals surface area contributed by atoms with E-state index in [1.807, 2.05) is 6.07 Å². The minimum absolute atomic E-state index is 0.286. The van der Waals surface area contributed by atoms with E-state index in [1.165, 1.54) is 0 Å². The molecule has 1 rings (SSSR count). The Morgan fingerprint density at radius 1 is 1.56 bits per heavy atom. The maximum absolute atomic E-state index is 10.8. The van der Waals surface area contributed by atoms with Gasteiger partial charge in [-0.2, -0.15) is 11.8 Å². The summed E-state index contributed by atoms with van der Waals surface area (Å²) in [7, 11) is 0. The van der Waals surface area contributed by atoms with Crippen molar-refractivity contribution in [2.45, 2.75) is 12.2 Å². The zero-order chi connectivity index (χ0) is 12.1. The second kappa shape index (κ2) is 6.15. The minimum Gasteiger partial charge on any atom is -0.478 e. The third-order valence-corrected chi connectivity index (χ3v) is 3.57. The van der Waals surface area contributed by atoms with Crippen molar-refractivity contribution in [3.63, 3.8) is 0 Å². The van der Waals surface area contributed by atoms with Crippen LogP contribution in [0.15, 0.2) is 22.7 Å². The van der Waals surface area contributed by atoms with Crippen LogP contribution in [0.25, 0.3) is 0 Å². The molecule has 1 aromatic rings. The topological polar surface area (TPSA) is 49.3 Å². The average molecular weight is 304 g/mol. The van der Waals surface area contributed by atoms with Crippen molar-refractivity contribution < 1.29 is 9.90 Å². The number of hydrogen-bond acceptors (Lipinski definition) is 3. The van der Waals surface area contributed by atoms with Gasteiger partial charge in [-0.15, -0.1) is 0 Å². The first-order chi connectivity index (χ1) is 7.52. The molecular formula is C11H14BrNO2S. The lowest BCUT2D eigenvalue weighted by molar-refractivity contribution is 0.0697. The van der Waals surface area contributed by atoms with Crippen LogP contribution in [0.1, 0.15) is 17.3 Å². The molecule has 1 atom stereocenters. The largest absolute Gasteiger partial charge is 0.478 e. The second-order valence-corrected chi connectivity index (χ2v) is 5.65. The first-order valence-corrected chi connectivity index (χ1v) is 6.91. The van der Waals surface area contributed by atoms with Crippen molar-refractivity contribution in [2.75, 3.05) is 18.1 Å². The van der Waals surface area contributed by atoms with Crippen molar-refractivity contribution in [2.24, 2.45) is 0 Å². The molecule has 16 heavy (non-hydrogen) atoms. The fourth-order valence-electron chi connectivity index (χ4n) is 1.16. The number of nitrogens with one attached hydrogen (secondary N) is 1. The summed E-state index contributed by atoms with van der Waals surface area (Å²) >= 11 is 5.07. The molecule has 3 nitrogen and oxygen atoms in total. The van der Waals surface area contributed by atoms with Gasteiger partial charge in [0.1, 0.15) is 0 Å². The van der Waals surface area contributed by atoms with Crippen LogP contribution in [0.2, 0.25) is 0 Å². The fraction of sp³-hybridized carbons (Fsp3) is 0.364. The van der Waals surface area contributed by atoms with E-state index >= 15 is 0 Å². The summed E-state index contributed by atoms with van der Waals surface area (Å²) in [5.41, 5.74) is 1.11. The van der Waals surface area contributed by atoms with Gasteiger partial charge in [-0.25, -0.2) is 4.79 Å². The highest BCUT2D eigenvalue weighted by Crippen LogP contribution is 2.20. The molecule has 5 heteroatoms. The van der Waals surface area contributed by atoms with E-state index in [4.69, 9.17) is 5.11 Å². The highest BCUT2D eigenvalue weighted by Gasteiger charge is 2.06. The summed E-state index contributed by atoms with van der Waals surface area (Å²) in [6, 6.07) is 5.10. The quantitative estimate of drug-likeness (QED) is 0.876. The monoisotopic (exact) mass is 303 g/mol. The normalized spacial score (nSPS) is 12.2. The Hall–Kier alpha value is -0.680. The van der Waals surface area contributed by atoms with Crippen LogP contribution in [-0.2, 0) is 0 Å². The molecule has 1 aromatic carbocycles. The van der Waals surface area contributed by atoms with E-state index in [0.29, 0.717) is 5.25 Å². The van der Waals surface area contributed by atoms with Gasteiger partial charge in [0.15, 0.2) is 0 Å². The molecule has 2 N–H and O–H groups in total. The van der Waals surface area contributed by atoms with Crippen LogP contribution in [-0.4, -0.2) is 29.1 Å². The van der Waals surface area contributed by atoms with Gasteiger partial charge in [-0.05, 0) is 24.5 Å². The van der Waals surface area contributed by atoms with Gasteiger partial charge < -0.3 is 10.4 Å². The lowest BCUT2D eigenvalue weighted by Crippen LogP contribution is -2.13. The number of hydrogen-bond donors (Lipinski definition) is 2. The third kappa shape index (κ3) is 4.06. The molecule has 1 unspecified atom stereocenters. The van der Waals surface area contributed by atoms with Crippen molar-refractivity contribution in [1.82, 2.24) is 0 Å². The van der Waals surface area contributed by atoms with Crippen LogP contribution in [0.5, 0.6) is 0 Å². The number of carbonyl (C=O) groups is 1. The first kappa shape index (κ1) is 13.4. The third-order valence-electron chi connectivity index (χ3n) is 2.14. The molecule has 0 amide bonds. The highest BCUT2D eigenvalue weighted by atomic mass is 79.9. The Balaban J connectivity index is 2.76. The van der Waals surface area contributed by atoms with Gasteiger partial charge >= 0.3 is 5.97 Å². The molecule has 0 saturated heterocycles. The van der Waals surface area contributed by atoms with Gasteiger partial charge in [0.25, 0.3) is 0 Å².